The molecular weight excluding hydrogens is 246 g/mol. The molecule has 2 N–H and O–H groups in total. The lowest BCUT2D eigenvalue weighted by Gasteiger charge is -2.32. The van der Waals surface area contributed by atoms with E-state index in [9.17, 15) is 10.1 Å². The summed E-state index contributed by atoms with van der Waals surface area (Å²) >= 11 is 0. The number of imidazole rings is 1. The van der Waals surface area contributed by atoms with E-state index >= 15 is 0 Å². The summed E-state index contributed by atoms with van der Waals surface area (Å²) in [4.78, 5) is 16.9. The van der Waals surface area contributed by atoms with Crippen molar-refractivity contribution in [2.24, 2.45) is 11.7 Å². The van der Waals surface area contributed by atoms with E-state index in [1.165, 1.54) is 0 Å². The second kappa shape index (κ2) is 5.56. The molecule has 7 nitrogen and oxygen atoms in total. The molecule has 0 radical (unpaired) electrons. The van der Waals surface area contributed by atoms with Gasteiger partial charge in [0.1, 0.15) is 0 Å². The van der Waals surface area contributed by atoms with E-state index in [1.807, 2.05) is 18.4 Å². The number of anilines is 1. The summed E-state index contributed by atoms with van der Waals surface area (Å²) in [7, 11) is 0. The first-order chi connectivity index (χ1) is 9.08. The van der Waals surface area contributed by atoms with Crippen LogP contribution >= 0.6 is 0 Å². The Morgan fingerprint density at radius 1 is 1.47 bits per heavy atom. The quantitative estimate of drug-likeness (QED) is 0.656. The number of aryl methyl sites for hydroxylation is 1. The first-order valence-electron chi connectivity index (χ1n) is 6.75. The highest BCUT2D eigenvalue weighted by molar-refractivity contribution is 5.56. The smallest absolute Gasteiger partial charge is 0.358 e. The van der Waals surface area contributed by atoms with Crippen LogP contribution in [-0.4, -0.2) is 34.1 Å². The molecule has 1 saturated heterocycles. The zero-order valence-electron chi connectivity index (χ0n) is 11.5. The van der Waals surface area contributed by atoms with Crippen molar-refractivity contribution in [1.29, 1.82) is 0 Å². The Kier molecular flexibility index (Phi) is 4.04. The summed E-state index contributed by atoms with van der Waals surface area (Å²) < 4.78 is 1.92. The summed E-state index contributed by atoms with van der Waals surface area (Å²) in [6.45, 7) is 6.81. The van der Waals surface area contributed by atoms with Gasteiger partial charge in [-0.25, -0.2) is 0 Å². The number of aromatic nitrogens is 2. The molecule has 0 atom stereocenters. The number of nitrogens with two attached hydrogens (primary N) is 1. The number of nitrogens with zero attached hydrogens (tertiary/aromatic N) is 4. The lowest BCUT2D eigenvalue weighted by atomic mass is 9.97. The maximum Gasteiger partial charge on any atom is 0.406 e. The number of rotatable bonds is 4. The Morgan fingerprint density at radius 3 is 2.58 bits per heavy atom. The van der Waals surface area contributed by atoms with Crippen LogP contribution in [0.15, 0.2) is 0 Å². The molecule has 19 heavy (non-hydrogen) atoms. The van der Waals surface area contributed by atoms with Gasteiger partial charge in [0.15, 0.2) is 0 Å². The Balaban J connectivity index is 2.30. The molecule has 0 spiro atoms. The van der Waals surface area contributed by atoms with E-state index in [4.69, 9.17) is 5.73 Å². The van der Waals surface area contributed by atoms with E-state index in [1.54, 1.807) is 0 Å². The number of piperidine rings is 1. The van der Waals surface area contributed by atoms with Gasteiger partial charge in [0.25, 0.3) is 0 Å². The van der Waals surface area contributed by atoms with Crippen molar-refractivity contribution in [2.75, 3.05) is 24.5 Å². The minimum absolute atomic E-state index is 0.0226. The van der Waals surface area contributed by atoms with E-state index in [2.05, 4.69) is 9.88 Å². The van der Waals surface area contributed by atoms with Gasteiger partial charge < -0.3 is 20.7 Å². The standard InChI is InChI=1S/C12H21N5O2/c1-3-16-9(2)14-11(17(18)19)12(16)15-6-4-10(8-13)5-7-15/h10H,3-8,13H2,1-2H3. The molecule has 1 aromatic heterocycles. The molecule has 106 valence electrons. The number of hydrogen-bond acceptors (Lipinski definition) is 5. The molecule has 0 aliphatic carbocycles. The lowest BCUT2D eigenvalue weighted by molar-refractivity contribution is -0.388. The van der Waals surface area contributed by atoms with Crippen LogP contribution in [0, 0.1) is 23.0 Å². The van der Waals surface area contributed by atoms with Gasteiger partial charge in [0.05, 0.1) is 0 Å². The van der Waals surface area contributed by atoms with Crippen molar-refractivity contribution < 1.29 is 4.92 Å². The van der Waals surface area contributed by atoms with Crippen molar-refractivity contribution in [3.8, 4) is 0 Å². The minimum atomic E-state index is -0.385. The molecule has 2 rings (SSSR count). The summed E-state index contributed by atoms with van der Waals surface area (Å²) in [5.74, 6) is 1.87. The molecule has 0 amide bonds. The highest BCUT2D eigenvalue weighted by Gasteiger charge is 2.31. The van der Waals surface area contributed by atoms with Gasteiger partial charge in [-0.05, 0) is 42.1 Å². The maximum atomic E-state index is 11.1. The van der Waals surface area contributed by atoms with E-state index in [0.717, 1.165) is 25.9 Å². The SMILES string of the molecule is CCn1c(C)nc([N+](=O)[O-])c1N1CCC(CN)CC1. The molecule has 1 aromatic rings. The van der Waals surface area contributed by atoms with Gasteiger partial charge in [0.2, 0.25) is 11.6 Å². The normalized spacial score (nSPS) is 16.9. The van der Waals surface area contributed by atoms with Crippen LogP contribution in [0.4, 0.5) is 11.6 Å². The zero-order valence-corrected chi connectivity index (χ0v) is 11.5. The van der Waals surface area contributed by atoms with Gasteiger partial charge in [-0.3, -0.25) is 4.57 Å². The maximum absolute atomic E-state index is 11.1. The van der Waals surface area contributed by atoms with Gasteiger partial charge in [0, 0.05) is 26.6 Å². The molecule has 7 heteroatoms. The topological polar surface area (TPSA) is 90.2 Å². The molecule has 1 fully saturated rings. The van der Waals surface area contributed by atoms with Crippen LogP contribution in [0.25, 0.3) is 0 Å². The molecule has 0 saturated carbocycles. The van der Waals surface area contributed by atoms with Crippen LogP contribution in [0.1, 0.15) is 25.6 Å². The average Bonchev–Trinajstić information content (AvgIpc) is 2.76. The van der Waals surface area contributed by atoms with Crippen LogP contribution in [0.5, 0.6) is 0 Å². The molecule has 0 unspecified atom stereocenters. The van der Waals surface area contributed by atoms with Gasteiger partial charge in [-0.2, -0.15) is 0 Å². The van der Waals surface area contributed by atoms with Crippen molar-refractivity contribution in [3.05, 3.63) is 15.9 Å². The summed E-state index contributed by atoms with van der Waals surface area (Å²) in [6.07, 6.45) is 1.98. The van der Waals surface area contributed by atoms with Gasteiger partial charge in [-0.15, -0.1) is 0 Å². The van der Waals surface area contributed by atoms with Crippen molar-refractivity contribution in [1.82, 2.24) is 9.55 Å². The lowest BCUT2D eigenvalue weighted by Crippen LogP contribution is -2.37. The monoisotopic (exact) mass is 267 g/mol. The highest BCUT2D eigenvalue weighted by atomic mass is 16.6. The van der Waals surface area contributed by atoms with Gasteiger partial charge >= 0.3 is 5.82 Å². The van der Waals surface area contributed by atoms with E-state index in [0.29, 0.717) is 30.6 Å². The molecule has 1 aliphatic rings. The Labute approximate surface area is 112 Å². The Morgan fingerprint density at radius 2 is 2.11 bits per heavy atom. The van der Waals surface area contributed by atoms with Crippen molar-refractivity contribution in [2.45, 2.75) is 33.2 Å². The molecule has 0 bridgehead atoms. The predicted octanol–water partition coefficient (Wildman–Crippen LogP) is 1.29. The summed E-state index contributed by atoms with van der Waals surface area (Å²) in [5.41, 5.74) is 5.68. The van der Waals surface area contributed by atoms with Crippen molar-refractivity contribution >= 4 is 11.6 Å². The fraction of sp³-hybridized carbons (Fsp3) is 0.750. The minimum Gasteiger partial charge on any atom is -0.358 e. The third-order valence-corrected chi connectivity index (χ3v) is 3.85. The fourth-order valence-electron chi connectivity index (χ4n) is 2.73. The Hall–Kier alpha value is -1.63. The summed E-state index contributed by atoms with van der Waals surface area (Å²) in [5, 5.41) is 11.1. The fourth-order valence-corrected chi connectivity index (χ4v) is 2.73. The van der Waals surface area contributed by atoms with E-state index in [-0.39, 0.29) is 10.7 Å². The second-order valence-electron chi connectivity index (χ2n) is 4.97. The molecule has 1 aliphatic heterocycles. The largest absolute Gasteiger partial charge is 0.406 e. The molecule has 0 aromatic carbocycles. The molecule has 2 heterocycles. The number of nitro groups is 1. The Bertz CT molecular complexity index is 463. The second-order valence-corrected chi connectivity index (χ2v) is 4.97. The third-order valence-electron chi connectivity index (χ3n) is 3.85. The predicted molar refractivity (Wildman–Crippen MR) is 73.3 cm³/mol. The van der Waals surface area contributed by atoms with Crippen LogP contribution < -0.4 is 10.6 Å². The first kappa shape index (κ1) is 13.8. The highest BCUT2D eigenvalue weighted by Crippen LogP contribution is 2.32. The van der Waals surface area contributed by atoms with Crippen LogP contribution in [-0.2, 0) is 6.54 Å². The average molecular weight is 267 g/mol. The third kappa shape index (κ3) is 2.56. The zero-order chi connectivity index (χ0) is 14.0. The van der Waals surface area contributed by atoms with Gasteiger partial charge in [-0.1, -0.05) is 0 Å². The van der Waals surface area contributed by atoms with Crippen LogP contribution in [0.3, 0.4) is 0 Å². The summed E-state index contributed by atoms with van der Waals surface area (Å²) in [6, 6.07) is 0. The molecular formula is C12H21N5O2. The van der Waals surface area contributed by atoms with E-state index < -0.39 is 0 Å². The number of hydrogen-bond donors (Lipinski definition) is 1. The first-order valence-corrected chi connectivity index (χ1v) is 6.75. The van der Waals surface area contributed by atoms with Crippen LogP contribution in [0.2, 0.25) is 0 Å². The van der Waals surface area contributed by atoms with Crippen molar-refractivity contribution in [3.63, 3.8) is 0 Å².